The molecule has 0 aromatic carbocycles. The third-order valence-corrected chi connectivity index (χ3v) is 17.7. The number of rotatable bonds is 12. The molecular formula is C30H60Al5N60O30P9. The number of aromatic nitrogens is 30. The van der Waals surface area contributed by atoms with Gasteiger partial charge >= 0.3 is 86.8 Å². The Morgan fingerprint density at radius 3 is 0.187 bits per heavy atom. The molecule has 10 rings (SSSR count). The molecule has 10 heterocycles. The molecule has 0 radical (unpaired) electrons. The molecule has 0 atom stereocenters. The number of phosphoric acid groups is 9. The molecule has 0 unspecified atom stereocenters. The summed E-state index contributed by atoms with van der Waals surface area (Å²) in [5, 5.41) is 0. The zero-order chi connectivity index (χ0) is 101. The Balaban J connectivity index is -0.000000214. The maximum Gasteiger partial charge on any atom is 3.00 e. The second-order valence-electron chi connectivity index (χ2n) is 18.6. The monoisotopic (exact) mass is 2150 g/mol. The third-order valence-electron chi connectivity index (χ3n) is 8.07. The van der Waals surface area contributed by atoms with Crippen molar-refractivity contribution in [1.29, 1.82) is 0 Å². The maximum absolute atomic E-state index is 10.1. The van der Waals surface area contributed by atoms with E-state index >= 15 is 0 Å². The van der Waals surface area contributed by atoms with Gasteiger partial charge in [-0.05, 0) is 0 Å². The zero-order valence-corrected chi connectivity index (χ0v) is 78.7. The van der Waals surface area contributed by atoms with Crippen LogP contribution in [-0.2, 0) is 66.9 Å². The van der Waals surface area contributed by atoms with Gasteiger partial charge in [0.25, 0.3) is 23.5 Å². The molecule has 0 fully saturated rings. The van der Waals surface area contributed by atoms with Gasteiger partial charge < -0.3 is 273 Å². The fourth-order valence-electron chi connectivity index (χ4n) is 5.05. The number of nitrogens with two attached hydrogens (primary N) is 30. The minimum absolute atomic E-state index is 0. The van der Waals surface area contributed by atoms with Crippen LogP contribution in [0, 0.1) is 0 Å². The van der Waals surface area contributed by atoms with Crippen LogP contribution in [-0.4, -0.2) is 236 Å². The van der Waals surface area contributed by atoms with E-state index < -0.39 is 70.4 Å². The average Bonchev–Trinajstić information content (AvgIpc) is 0.857. The van der Waals surface area contributed by atoms with Gasteiger partial charge in [-0.2, -0.15) is 150 Å². The van der Waals surface area contributed by atoms with E-state index in [1.165, 1.54) is 0 Å². The molecule has 104 heteroatoms. The maximum atomic E-state index is 10.1. The van der Waals surface area contributed by atoms with Crippen molar-refractivity contribution in [2.24, 2.45) is 0 Å². The Morgan fingerprint density at radius 2 is 0.157 bits per heavy atom. The Bertz CT molecular complexity index is 4210. The van der Waals surface area contributed by atoms with Gasteiger partial charge in [0.2, 0.25) is 178 Å². The van der Waals surface area contributed by atoms with Crippen molar-refractivity contribution in [3.63, 3.8) is 0 Å². The van der Waals surface area contributed by atoms with E-state index in [1.807, 2.05) is 0 Å². The second kappa shape index (κ2) is 61.7. The normalized spacial score (nSPS) is 10.5. The van der Waals surface area contributed by atoms with Crippen LogP contribution in [0.3, 0.4) is 0 Å². The van der Waals surface area contributed by atoms with Crippen LogP contribution < -0.4 is 245 Å². The minimum Gasteiger partial charge on any atom is -0.790 e. The van der Waals surface area contributed by atoms with Crippen molar-refractivity contribution in [2.75, 3.05) is 172 Å². The number of anilines is 30. The van der Waals surface area contributed by atoms with Crippen LogP contribution in [0.15, 0.2) is 0 Å². The Labute approximate surface area is 793 Å². The molecule has 720 valence electrons. The number of hydrogen-bond donors (Lipinski definition) is 30. The number of hydrogen-bond acceptors (Lipinski definition) is 90. The van der Waals surface area contributed by atoms with Crippen LogP contribution in [0.5, 0.6) is 0 Å². The Hall–Kier alpha value is -12.0. The molecule has 0 spiro atoms. The predicted octanol–water partition coefficient (Wildman–Crippen LogP) is -27.3. The molecule has 90 nitrogen and oxygen atoms in total. The number of nitrogen functional groups attached to an aromatic ring is 30. The molecule has 0 saturated carbocycles. The van der Waals surface area contributed by atoms with Gasteiger partial charge in [-0.25, -0.2) is 0 Å². The van der Waals surface area contributed by atoms with Gasteiger partial charge in [0.1, 0.15) is 0 Å². The summed E-state index contributed by atoms with van der Waals surface area (Å²) < 4.78 is 104. The van der Waals surface area contributed by atoms with Crippen LogP contribution >= 0.6 is 70.4 Å². The first-order valence-corrected chi connectivity index (χ1v) is 41.8. The van der Waals surface area contributed by atoms with Gasteiger partial charge in [-0.1, -0.05) is 0 Å². The molecule has 0 saturated heterocycles. The Morgan fingerprint density at radius 1 is 0.119 bits per heavy atom. The molecular weight excluding hydrogens is 2090 g/mol. The van der Waals surface area contributed by atoms with E-state index in [9.17, 15) is 114 Å². The summed E-state index contributed by atoms with van der Waals surface area (Å²) >= 11 is 0. The average molecular weight is 2150 g/mol. The molecule has 0 aliphatic heterocycles. The zero-order valence-electron chi connectivity index (χ0n) is 64.9. The van der Waals surface area contributed by atoms with E-state index in [4.69, 9.17) is 172 Å². The standard InChI is InChI=1S/10C3H6N6.5Al.3H5O10P3/c10*4-1-7-2(5)9-3(6)8-1;;;;;;3*1-11(2,3)9-13(7,8)10-12(4,5)6/h10*(H6,4,5,6,7,8,9);;;;;;3*(H,7,8)(H2,1,2,3)(H2,4,5,6)/q;;;;;;;;;;5*+3;;;/p-15. The Kier molecular flexibility index (Phi) is 63.3. The van der Waals surface area contributed by atoms with E-state index in [-0.39, 0.29) is 265 Å². The first-order chi connectivity index (χ1) is 58.1. The summed E-state index contributed by atoms with van der Waals surface area (Å²) in [7, 11) is -53.7. The molecule has 60 N–H and O–H groups in total. The van der Waals surface area contributed by atoms with Crippen molar-refractivity contribution in [1.82, 2.24) is 150 Å². The van der Waals surface area contributed by atoms with Gasteiger partial charge in [0, 0.05) is 0 Å². The predicted molar refractivity (Wildman–Crippen MR) is 434 cm³/mol. The first-order valence-electron chi connectivity index (χ1n) is 28.6. The van der Waals surface area contributed by atoms with Crippen molar-refractivity contribution in [3.8, 4) is 0 Å². The fraction of sp³-hybridized carbons (Fsp3) is 0. The summed E-state index contributed by atoms with van der Waals surface area (Å²) in [6, 6.07) is 0. The van der Waals surface area contributed by atoms with Crippen LogP contribution in [0.25, 0.3) is 0 Å². The van der Waals surface area contributed by atoms with Gasteiger partial charge in [-0.3, -0.25) is 39.6 Å². The molecule has 0 amide bonds. The third kappa shape index (κ3) is 81.9. The second-order valence-corrected chi connectivity index (χ2v) is 30.6. The van der Waals surface area contributed by atoms with Crippen molar-refractivity contribution < 1.29 is 140 Å². The molecule has 0 bridgehead atoms. The fourth-order valence-corrected chi connectivity index (χ4v) is 12.1. The number of nitrogens with zero attached hydrogens (tertiary/aromatic N) is 30. The molecule has 0 aliphatic rings. The van der Waals surface area contributed by atoms with E-state index in [0.29, 0.717) is 0 Å². The first kappa shape index (κ1) is 137. The molecule has 10 aromatic heterocycles. The van der Waals surface area contributed by atoms with Crippen molar-refractivity contribution >= 4 is 336 Å². The summed E-state index contributed by atoms with van der Waals surface area (Å²) in [5.74, 6) is 1.25. The van der Waals surface area contributed by atoms with Crippen LogP contribution in [0.2, 0.25) is 0 Å². The summed E-state index contributed by atoms with van der Waals surface area (Å²) in [6.07, 6.45) is 0. The van der Waals surface area contributed by atoms with Gasteiger partial charge in [0.15, 0.2) is 0 Å². The van der Waals surface area contributed by atoms with Crippen molar-refractivity contribution in [3.05, 3.63) is 0 Å². The molecule has 134 heavy (non-hydrogen) atoms. The minimum atomic E-state index is -5.97. The summed E-state index contributed by atoms with van der Waals surface area (Å²) in [6.45, 7) is 0. The van der Waals surface area contributed by atoms with Crippen LogP contribution in [0.4, 0.5) is 178 Å². The summed E-state index contributed by atoms with van der Waals surface area (Å²) in [5.41, 5.74) is 154. The van der Waals surface area contributed by atoms with E-state index in [2.05, 4.69) is 175 Å². The van der Waals surface area contributed by atoms with Gasteiger partial charge in [0.05, 0.1) is 46.9 Å². The SMILES string of the molecule is Nc1nc(N)nc(N)n1.Nc1nc(N)nc(N)n1.Nc1nc(N)nc(N)n1.Nc1nc(N)nc(N)n1.Nc1nc(N)nc(N)n1.Nc1nc(N)nc(N)n1.Nc1nc(N)nc(N)n1.Nc1nc(N)nc(N)n1.Nc1nc(N)nc(N)n1.Nc1nc(N)nc(N)n1.O=P([O-])([O-])OP(=O)([O-])OP(=O)([O-])[O-].O=P([O-])([O-])OP(=O)([O-])OP(=O)([O-])[O-].O=P([O-])([O-])OP(=O)([O-])OP(=O)([O-])[O-].[Al+3].[Al+3].[Al+3].[Al+3].[Al+3]. The summed E-state index contributed by atoms with van der Waals surface area (Å²) in [4.78, 5) is 251. The van der Waals surface area contributed by atoms with Gasteiger partial charge in [-0.15, -0.1) is 0 Å². The topological polar surface area (TPSA) is 1720 Å². The van der Waals surface area contributed by atoms with E-state index in [0.717, 1.165) is 0 Å². The van der Waals surface area contributed by atoms with E-state index in [1.54, 1.807) is 0 Å². The molecule has 0 aliphatic carbocycles. The van der Waals surface area contributed by atoms with Crippen LogP contribution in [0.1, 0.15) is 0 Å². The quantitative estimate of drug-likeness (QED) is 0.0399. The smallest absolute Gasteiger partial charge is 0.790 e. The largest absolute Gasteiger partial charge is 3.00 e. The molecule has 10 aromatic rings. The van der Waals surface area contributed by atoms with Crippen molar-refractivity contribution in [2.45, 2.75) is 0 Å².